The van der Waals surface area contributed by atoms with Crippen molar-refractivity contribution in [2.75, 3.05) is 0 Å². The maximum absolute atomic E-state index is 6.40. The normalized spacial score (nSPS) is 13.8. The first-order chi connectivity index (χ1) is 26.5. The van der Waals surface area contributed by atoms with E-state index in [-0.39, 0.29) is 10.8 Å². The van der Waals surface area contributed by atoms with E-state index in [9.17, 15) is 0 Å². The van der Waals surface area contributed by atoms with Crippen LogP contribution in [0.5, 0.6) is 0 Å². The Balaban J connectivity index is 1.10. The lowest BCUT2D eigenvalue weighted by molar-refractivity contribution is 0.581. The van der Waals surface area contributed by atoms with Crippen LogP contribution in [0, 0.1) is 0 Å². The van der Waals surface area contributed by atoms with Gasteiger partial charge in [0.2, 0.25) is 23.6 Å². The van der Waals surface area contributed by atoms with Crippen molar-refractivity contribution < 1.29 is 8.83 Å². The Morgan fingerprint density at radius 1 is 0.364 bits per heavy atom. The van der Waals surface area contributed by atoms with Crippen LogP contribution in [0.1, 0.15) is 74.9 Å². The van der Waals surface area contributed by atoms with Crippen molar-refractivity contribution in [3.05, 3.63) is 167 Å². The number of fused-ring (bicyclic) bond motifs is 10. The molecule has 0 unspecified atom stereocenters. The first kappa shape index (κ1) is 33.2. The summed E-state index contributed by atoms with van der Waals surface area (Å²) in [5.74, 6) is 1.97. The van der Waals surface area contributed by atoms with E-state index in [0.29, 0.717) is 23.6 Å². The third-order valence-corrected chi connectivity index (χ3v) is 11.4. The van der Waals surface area contributed by atoms with Gasteiger partial charge in [0.15, 0.2) is 0 Å². The van der Waals surface area contributed by atoms with E-state index in [1.165, 1.54) is 55.6 Å². The molecule has 10 rings (SSSR count). The van der Waals surface area contributed by atoms with Crippen LogP contribution in [-0.2, 0) is 16.2 Å². The van der Waals surface area contributed by atoms with Gasteiger partial charge in [-0.1, -0.05) is 126 Å². The lowest BCUT2D eigenvalue weighted by atomic mass is 9.70. The average Bonchev–Trinajstić information content (AvgIpc) is 3.99. The third-order valence-electron chi connectivity index (χ3n) is 11.4. The van der Waals surface area contributed by atoms with Crippen molar-refractivity contribution >= 4 is 0 Å². The van der Waals surface area contributed by atoms with Crippen LogP contribution in [0.25, 0.3) is 68.1 Å². The van der Waals surface area contributed by atoms with Gasteiger partial charge in [-0.05, 0) is 115 Å². The highest BCUT2D eigenvalue weighted by Crippen LogP contribution is 2.63. The second-order valence-electron chi connectivity index (χ2n) is 16.8. The molecular formula is C49H40N4O2. The monoisotopic (exact) mass is 716 g/mol. The molecule has 2 aliphatic rings. The van der Waals surface area contributed by atoms with Crippen molar-refractivity contribution in [3.63, 3.8) is 0 Å². The molecule has 0 N–H and O–H groups in total. The van der Waals surface area contributed by atoms with Gasteiger partial charge in [-0.2, -0.15) is 0 Å². The second-order valence-corrected chi connectivity index (χ2v) is 16.8. The zero-order chi connectivity index (χ0) is 37.7. The standard InChI is InChI=1S/C49H40N4O2/c1-47(2,3)33-21-15-29(16-22-33)43-50-52-45(54-43)31-19-25-37-38-26-20-32(46-53-51-44(55-46)30-17-23-34(24-18-30)48(4,5)6)28-42(38)49(41(37)27-31)39-13-9-7-11-35(39)36-12-8-10-14-40(36)49/h7-28H,1-6H3. The summed E-state index contributed by atoms with van der Waals surface area (Å²) in [6, 6.07) is 47.4. The van der Waals surface area contributed by atoms with Crippen LogP contribution < -0.4 is 0 Å². The van der Waals surface area contributed by atoms with Crippen molar-refractivity contribution in [3.8, 4) is 68.1 Å². The fraction of sp³-hybridized carbons (Fsp3) is 0.184. The van der Waals surface area contributed by atoms with E-state index >= 15 is 0 Å². The van der Waals surface area contributed by atoms with Crippen LogP contribution in [-0.4, -0.2) is 20.4 Å². The molecule has 0 saturated carbocycles. The molecule has 2 aliphatic carbocycles. The van der Waals surface area contributed by atoms with E-state index in [0.717, 1.165) is 22.3 Å². The Morgan fingerprint density at radius 3 is 1.07 bits per heavy atom. The maximum atomic E-state index is 6.40. The molecule has 6 heteroatoms. The first-order valence-electron chi connectivity index (χ1n) is 18.9. The summed E-state index contributed by atoms with van der Waals surface area (Å²) in [6.07, 6.45) is 0. The largest absolute Gasteiger partial charge is 0.416 e. The zero-order valence-corrected chi connectivity index (χ0v) is 31.8. The van der Waals surface area contributed by atoms with Gasteiger partial charge >= 0.3 is 0 Å². The molecule has 0 bridgehead atoms. The van der Waals surface area contributed by atoms with Crippen LogP contribution >= 0.6 is 0 Å². The van der Waals surface area contributed by atoms with E-state index in [2.05, 4.69) is 195 Å². The fourth-order valence-corrected chi connectivity index (χ4v) is 8.54. The molecule has 0 aliphatic heterocycles. The van der Waals surface area contributed by atoms with Crippen LogP contribution in [0.15, 0.2) is 142 Å². The molecule has 55 heavy (non-hydrogen) atoms. The summed E-state index contributed by atoms with van der Waals surface area (Å²) in [5.41, 5.74) is 15.2. The minimum atomic E-state index is -0.596. The molecule has 0 fully saturated rings. The highest BCUT2D eigenvalue weighted by atomic mass is 16.4. The van der Waals surface area contributed by atoms with Gasteiger partial charge in [-0.15, -0.1) is 20.4 Å². The Kier molecular flexibility index (Phi) is 7.12. The molecule has 2 aromatic heterocycles. The summed E-state index contributed by atoms with van der Waals surface area (Å²) in [6.45, 7) is 13.3. The molecular weight excluding hydrogens is 677 g/mol. The quantitative estimate of drug-likeness (QED) is 0.180. The lowest BCUT2D eigenvalue weighted by Crippen LogP contribution is -2.26. The minimum Gasteiger partial charge on any atom is -0.416 e. The number of aromatic nitrogens is 4. The molecule has 268 valence electrons. The fourth-order valence-electron chi connectivity index (χ4n) is 8.54. The van der Waals surface area contributed by atoms with Crippen molar-refractivity contribution in [1.82, 2.24) is 20.4 Å². The van der Waals surface area contributed by atoms with E-state index in [4.69, 9.17) is 8.83 Å². The van der Waals surface area contributed by atoms with E-state index in [1.807, 2.05) is 0 Å². The molecule has 8 aromatic rings. The van der Waals surface area contributed by atoms with Crippen LogP contribution in [0.3, 0.4) is 0 Å². The number of hydrogen-bond donors (Lipinski definition) is 0. The number of nitrogens with zero attached hydrogens (tertiary/aromatic N) is 4. The predicted octanol–water partition coefficient (Wildman–Crippen LogP) is 12.1. The molecule has 6 nitrogen and oxygen atoms in total. The highest BCUT2D eigenvalue weighted by Gasteiger charge is 2.52. The number of hydrogen-bond acceptors (Lipinski definition) is 6. The van der Waals surface area contributed by atoms with Gasteiger partial charge < -0.3 is 8.83 Å². The van der Waals surface area contributed by atoms with Crippen LogP contribution in [0.4, 0.5) is 0 Å². The van der Waals surface area contributed by atoms with Gasteiger partial charge in [0.25, 0.3) is 0 Å². The predicted molar refractivity (Wildman–Crippen MR) is 218 cm³/mol. The summed E-state index contributed by atoms with van der Waals surface area (Å²) in [4.78, 5) is 0. The summed E-state index contributed by atoms with van der Waals surface area (Å²) < 4.78 is 12.8. The molecule has 1 spiro atoms. The highest BCUT2D eigenvalue weighted by molar-refractivity contribution is 5.96. The Bertz CT molecular complexity index is 2580. The maximum Gasteiger partial charge on any atom is 0.248 e. The Labute approximate surface area is 321 Å². The molecule has 6 aromatic carbocycles. The van der Waals surface area contributed by atoms with Crippen molar-refractivity contribution in [2.24, 2.45) is 0 Å². The van der Waals surface area contributed by atoms with Crippen molar-refractivity contribution in [1.29, 1.82) is 0 Å². The SMILES string of the molecule is CC(C)(C)c1ccc(-c2nnc(-c3ccc4c(c3)C3(c5ccccc5-c5ccccc53)c3cc(-c5nnc(-c6ccc(C(C)(C)C)cc6)o5)ccc3-4)o2)cc1. The van der Waals surface area contributed by atoms with E-state index < -0.39 is 5.41 Å². The molecule has 0 saturated heterocycles. The first-order valence-corrected chi connectivity index (χ1v) is 18.9. The number of benzene rings is 6. The Hall–Kier alpha value is -6.40. The summed E-state index contributed by atoms with van der Waals surface area (Å²) in [7, 11) is 0. The van der Waals surface area contributed by atoms with Crippen molar-refractivity contribution in [2.45, 2.75) is 57.8 Å². The van der Waals surface area contributed by atoms with Gasteiger partial charge in [0, 0.05) is 22.3 Å². The summed E-state index contributed by atoms with van der Waals surface area (Å²) in [5, 5.41) is 18.1. The third kappa shape index (κ3) is 5.08. The van der Waals surface area contributed by atoms with Gasteiger partial charge in [-0.3, -0.25) is 0 Å². The summed E-state index contributed by atoms with van der Waals surface area (Å²) >= 11 is 0. The smallest absolute Gasteiger partial charge is 0.248 e. The second kappa shape index (κ2) is 11.8. The minimum absolute atomic E-state index is 0.0575. The lowest BCUT2D eigenvalue weighted by Gasteiger charge is -2.30. The molecule has 0 atom stereocenters. The van der Waals surface area contributed by atoms with Gasteiger partial charge in [0.05, 0.1) is 5.41 Å². The van der Waals surface area contributed by atoms with E-state index in [1.54, 1.807) is 0 Å². The topological polar surface area (TPSA) is 77.8 Å². The number of rotatable bonds is 4. The van der Waals surface area contributed by atoms with Crippen LogP contribution in [0.2, 0.25) is 0 Å². The molecule has 2 heterocycles. The molecule has 0 amide bonds. The Morgan fingerprint density at radius 2 is 0.691 bits per heavy atom. The molecule has 0 radical (unpaired) electrons. The zero-order valence-electron chi connectivity index (χ0n) is 31.8. The van der Waals surface area contributed by atoms with Gasteiger partial charge in [-0.25, -0.2) is 0 Å². The van der Waals surface area contributed by atoms with Gasteiger partial charge in [0.1, 0.15) is 0 Å². The average molecular weight is 717 g/mol.